The molecule has 0 aromatic heterocycles. The molecule has 108 valence electrons. The van der Waals surface area contributed by atoms with Crippen molar-refractivity contribution in [2.24, 2.45) is 0 Å². The predicted octanol–water partition coefficient (Wildman–Crippen LogP) is 4.55. The molecule has 0 heterocycles. The zero-order valence-electron chi connectivity index (χ0n) is 10.4. The van der Waals surface area contributed by atoms with Crippen molar-refractivity contribution in [2.45, 2.75) is 0 Å². The van der Waals surface area contributed by atoms with Crippen LogP contribution < -0.4 is 5.32 Å². The van der Waals surface area contributed by atoms with Crippen LogP contribution in [0.25, 0.3) is 0 Å². The van der Waals surface area contributed by atoms with E-state index >= 15 is 0 Å². The number of hydrogen-bond donors (Lipinski definition) is 2. The van der Waals surface area contributed by atoms with E-state index < -0.39 is 11.9 Å². The first-order valence-corrected chi connectivity index (χ1v) is 7.52. The summed E-state index contributed by atoms with van der Waals surface area (Å²) in [6.07, 6.45) is 0. The van der Waals surface area contributed by atoms with Crippen LogP contribution in [0.1, 0.15) is 20.7 Å². The van der Waals surface area contributed by atoms with Crippen molar-refractivity contribution in [1.29, 1.82) is 0 Å². The summed E-state index contributed by atoms with van der Waals surface area (Å²) in [6, 6.07) is 9.72. The van der Waals surface area contributed by atoms with Crippen LogP contribution >= 0.6 is 45.8 Å². The summed E-state index contributed by atoms with van der Waals surface area (Å²) >= 11 is 13.9. The molecule has 7 heteroatoms. The maximum atomic E-state index is 12.3. The van der Waals surface area contributed by atoms with Crippen molar-refractivity contribution >= 4 is 63.4 Å². The SMILES string of the molecule is O=C(Nc1c(Cl)ccc(Cl)c1C(=O)O)c1ccccc1I. The zero-order chi connectivity index (χ0) is 15.6. The maximum absolute atomic E-state index is 12.3. The topological polar surface area (TPSA) is 66.4 Å². The molecule has 0 unspecified atom stereocenters. The molecule has 21 heavy (non-hydrogen) atoms. The third-order valence-electron chi connectivity index (χ3n) is 2.67. The minimum absolute atomic E-state index is 0.00459. The Labute approximate surface area is 144 Å². The highest BCUT2D eigenvalue weighted by Gasteiger charge is 2.20. The van der Waals surface area contributed by atoms with Crippen molar-refractivity contribution < 1.29 is 14.7 Å². The summed E-state index contributed by atoms with van der Waals surface area (Å²) in [6.45, 7) is 0. The number of aromatic carboxylic acids is 1. The standard InChI is InChI=1S/C14H8Cl2INO3/c15-8-5-6-9(16)12(11(8)14(20)21)18-13(19)7-3-1-2-4-10(7)17/h1-6H,(H,18,19)(H,20,21). The Morgan fingerprint density at radius 2 is 1.67 bits per heavy atom. The van der Waals surface area contributed by atoms with Gasteiger partial charge in [0, 0.05) is 3.57 Å². The summed E-state index contributed by atoms with van der Waals surface area (Å²) in [5, 5.41) is 11.8. The van der Waals surface area contributed by atoms with Crippen LogP contribution in [0, 0.1) is 3.57 Å². The van der Waals surface area contributed by atoms with Gasteiger partial charge in [-0.15, -0.1) is 0 Å². The molecule has 0 saturated heterocycles. The fraction of sp³-hybridized carbons (Fsp3) is 0. The fourth-order valence-corrected chi connectivity index (χ4v) is 2.78. The molecule has 0 bridgehead atoms. The number of carbonyl (C=O) groups is 2. The van der Waals surface area contributed by atoms with E-state index in [-0.39, 0.29) is 21.3 Å². The molecule has 0 aliphatic heterocycles. The van der Waals surface area contributed by atoms with Gasteiger partial charge in [0.15, 0.2) is 0 Å². The van der Waals surface area contributed by atoms with Gasteiger partial charge in [-0.1, -0.05) is 35.3 Å². The molecule has 2 N–H and O–H groups in total. The molecular formula is C14H8Cl2INO3. The van der Waals surface area contributed by atoms with Crippen molar-refractivity contribution in [3.05, 3.63) is 61.1 Å². The normalized spacial score (nSPS) is 10.2. The number of hydrogen-bond acceptors (Lipinski definition) is 2. The Hall–Kier alpha value is -1.31. The zero-order valence-corrected chi connectivity index (χ0v) is 14.0. The molecule has 0 radical (unpaired) electrons. The Morgan fingerprint density at radius 3 is 2.29 bits per heavy atom. The number of benzene rings is 2. The van der Waals surface area contributed by atoms with E-state index in [1.165, 1.54) is 12.1 Å². The molecule has 1 amide bonds. The van der Waals surface area contributed by atoms with Gasteiger partial charge in [-0.2, -0.15) is 0 Å². The highest BCUT2D eigenvalue weighted by molar-refractivity contribution is 14.1. The summed E-state index contributed by atoms with van der Waals surface area (Å²) in [5.41, 5.74) is 0.176. The number of rotatable bonds is 3. The van der Waals surface area contributed by atoms with Gasteiger partial charge in [-0.3, -0.25) is 4.79 Å². The lowest BCUT2D eigenvalue weighted by Crippen LogP contribution is -2.16. The molecule has 4 nitrogen and oxygen atoms in total. The molecular weight excluding hydrogens is 428 g/mol. The molecule has 0 atom stereocenters. The molecule has 2 rings (SSSR count). The Balaban J connectivity index is 2.45. The Kier molecular flexibility index (Phi) is 5.08. The second-order valence-corrected chi connectivity index (χ2v) is 5.99. The van der Waals surface area contributed by atoms with E-state index in [0.717, 1.165) is 3.57 Å². The van der Waals surface area contributed by atoms with E-state index in [4.69, 9.17) is 23.2 Å². The number of halogens is 3. The van der Waals surface area contributed by atoms with E-state index in [9.17, 15) is 14.7 Å². The molecule has 2 aromatic rings. The lowest BCUT2D eigenvalue weighted by Gasteiger charge is -2.12. The lowest BCUT2D eigenvalue weighted by atomic mass is 10.1. The fourth-order valence-electron chi connectivity index (χ4n) is 1.71. The van der Waals surface area contributed by atoms with Crippen molar-refractivity contribution in [2.75, 3.05) is 5.32 Å². The van der Waals surface area contributed by atoms with Crippen molar-refractivity contribution in [3.8, 4) is 0 Å². The number of carbonyl (C=O) groups excluding carboxylic acids is 1. The van der Waals surface area contributed by atoms with Gasteiger partial charge in [0.05, 0.1) is 21.3 Å². The second kappa shape index (κ2) is 6.64. The summed E-state index contributed by atoms with van der Waals surface area (Å²) < 4.78 is 0.739. The van der Waals surface area contributed by atoms with Gasteiger partial charge in [0.2, 0.25) is 0 Å². The summed E-state index contributed by atoms with van der Waals surface area (Å²) in [7, 11) is 0. The highest BCUT2D eigenvalue weighted by atomic mass is 127. The molecule has 0 aliphatic rings. The minimum atomic E-state index is -1.26. The number of carboxylic acid groups (broad SMARTS) is 1. The first kappa shape index (κ1) is 16.1. The van der Waals surface area contributed by atoms with Crippen LogP contribution in [-0.4, -0.2) is 17.0 Å². The summed E-state index contributed by atoms with van der Waals surface area (Å²) in [5.74, 6) is -1.72. The molecule has 0 saturated carbocycles. The van der Waals surface area contributed by atoms with Gasteiger partial charge in [-0.05, 0) is 46.9 Å². The molecule has 0 spiro atoms. The van der Waals surface area contributed by atoms with Crippen LogP contribution in [0.5, 0.6) is 0 Å². The first-order chi connectivity index (χ1) is 9.91. The Morgan fingerprint density at radius 1 is 1.05 bits per heavy atom. The monoisotopic (exact) mass is 435 g/mol. The molecule has 0 fully saturated rings. The van der Waals surface area contributed by atoms with E-state index in [0.29, 0.717) is 5.56 Å². The first-order valence-electron chi connectivity index (χ1n) is 5.69. The minimum Gasteiger partial charge on any atom is -0.478 e. The van der Waals surface area contributed by atoms with Crippen LogP contribution in [0.2, 0.25) is 10.0 Å². The van der Waals surface area contributed by atoms with E-state index in [1.807, 2.05) is 22.6 Å². The second-order valence-electron chi connectivity index (χ2n) is 4.02. The number of anilines is 1. The maximum Gasteiger partial charge on any atom is 0.339 e. The predicted molar refractivity (Wildman–Crippen MR) is 90.5 cm³/mol. The van der Waals surface area contributed by atoms with Crippen LogP contribution in [-0.2, 0) is 0 Å². The third-order valence-corrected chi connectivity index (χ3v) is 4.25. The average molecular weight is 436 g/mol. The largest absolute Gasteiger partial charge is 0.478 e. The third kappa shape index (κ3) is 3.48. The van der Waals surface area contributed by atoms with Crippen LogP contribution in [0.3, 0.4) is 0 Å². The lowest BCUT2D eigenvalue weighted by molar-refractivity contribution is 0.0698. The van der Waals surface area contributed by atoms with E-state index in [2.05, 4.69) is 5.32 Å². The van der Waals surface area contributed by atoms with Crippen molar-refractivity contribution in [3.63, 3.8) is 0 Å². The molecule has 2 aromatic carbocycles. The van der Waals surface area contributed by atoms with Crippen LogP contribution in [0.15, 0.2) is 36.4 Å². The summed E-state index contributed by atoms with van der Waals surface area (Å²) in [4.78, 5) is 23.5. The van der Waals surface area contributed by atoms with Gasteiger partial charge < -0.3 is 10.4 Å². The van der Waals surface area contributed by atoms with Gasteiger partial charge in [0.1, 0.15) is 5.56 Å². The number of carboxylic acids is 1. The van der Waals surface area contributed by atoms with Gasteiger partial charge in [-0.25, -0.2) is 4.79 Å². The van der Waals surface area contributed by atoms with Crippen LogP contribution in [0.4, 0.5) is 5.69 Å². The number of nitrogens with one attached hydrogen (secondary N) is 1. The quantitative estimate of drug-likeness (QED) is 0.695. The smallest absolute Gasteiger partial charge is 0.339 e. The van der Waals surface area contributed by atoms with Gasteiger partial charge in [0.25, 0.3) is 5.91 Å². The average Bonchev–Trinajstić information content (AvgIpc) is 2.43. The Bertz CT molecular complexity index is 734. The number of amides is 1. The highest BCUT2D eigenvalue weighted by Crippen LogP contribution is 2.32. The molecule has 0 aliphatic carbocycles. The van der Waals surface area contributed by atoms with Gasteiger partial charge >= 0.3 is 5.97 Å². The van der Waals surface area contributed by atoms with E-state index in [1.54, 1.807) is 24.3 Å². The van der Waals surface area contributed by atoms with Crippen molar-refractivity contribution in [1.82, 2.24) is 0 Å².